The minimum absolute atomic E-state index is 0.0988. The number of anilines is 1. The van der Waals surface area contributed by atoms with Gasteiger partial charge in [0, 0.05) is 6.54 Å². The molecule has 1 fully saturated rings. The van der Waals surface area contributed by atoms with Gasteiger partial charge in [-0.3, -0.25) is 0 Å². The second kappa shape index (κ2) is 4.31. The Bertz CT molecular complexity index is 399. The van der Waals surface area contributed by atoms with E-state index >= 15 is 0 Å². The Morgan fingerprint density at radius 2 is 2.06 bits per heavy atom. The lowest BCUT2D eigenvalue weighted by atomic mass is 10.0. The van der Waals surface area contributed by atoms with Crippen LogP contribution in [-0.2, 0) is 4.74 Å². The number of morpholine rings is 1. The maximum absolute atomic E-state index is 5.98. The van der Waals surface area contributed by atoms with Gasteiger partial charge >= 0.3 is 0 Å². The Balaban J connectivity index is 2.38. The fourth-order valence-electron chi connectivity index (χ4n) is 1.71. The molecule has 0 aromatic carbocycles. The summed E-state index contributed by atoms with van der Waals surface area (Å²) in [7, 11) is 0. The van der Waals surface area contributed by atoms with Gasteiger partial charge in [0.05, 0.1) is 18.8 Å². The maximum atomic E-state index is 5.98. The van der Waals surface area contributed by atoms with Crippen molar-refractivity contribution in [3.63, 3.8) is 0 Å². The third-order valence-corrected chi connectivity index (χ3v) is 2.91. The third kappa shape index (κ3) is 2.21. The van der Waals surface area contributed by atoms with Gasteiger partial charge in [0.25, 0.3) is 0 Å². The lowest BCUT2D eigenvalue weighted by Crippen LogP contribution is -2.53. The van der Waals surface area contributed by atoms with Crippen LogP contribution in [0.25, 0.3) is 0 Å². The molecule has 0 N–H and O–H groups in total. The van der Waals surface area contributed by atoms with Gasteiger partial charge in [-0.2, -0.15) is 4.98 Å². The molecule has 0 radical (unpaired) electrons. The lowest BCUT2D eigenvalue weighted by molar-refractivity contribution is 0.0638. The van der Waals surface area contributed by atoms with E-state index in [9.17, 15) is 0 Å². The van der Waals surface area contributed by atoms with Crippen LogP contribution in [0, 0.1) is 0 Å². The van der Waals surface area contributed by atoms with Crippen molar-refractivity contribution in [1.82, 2.24) is 15.2 Å². The van der Waals surface area contributed by atoms with Gasteiger partial charge in [-0.15, -0.1) is 10.2 Å². The van der Waals surface area contributed by atoms with E-state index in [1.54, 1.807) is 0 Å². The number of aromatic nitrogens is 3. The van der Waals surface area contributed by atoms with Crippen molar-refractivity contribution in [2.45, 2.75) is 19.4 Å². The molecule has 0 spiro atoms. The molecule has 1 aliphatic heterocycles. The van der Waals surface area contributed by atoms with Gasteiger partial charge in [0.1, 0.15) is 0 Å². The molecule has 0 unspecified atom stereocenters. The lowest BCUT2D eigenvalue weighted by Gasteiger charge is -2.42. The van der Waals surface area contributed by atoms with Crippen LogP contribution in [0.2, 0.25) is 10.4 Å². The molecule has 0 atom stereocenters. The molecule has 7 heteroatoms. The largest absolute Gasteiger partial charge is 0.377 e. The highest BCUT2D eigenvalue weighted by molar-refractivity contribution is 6.32. The molecule has 2 heterocycles. The number of hydrogen-bond donors (Lipinski definition) is 0. The quantitative estimate of drug-likeness (QED) is 0.773. The first-order valence-electron chi connectivity index (χ1n) is 4.92. The van der Waals surface area contributed by atoms with E-state index in [1.165, 1.54) is 0 Å². The van der Waals surface area contributed by atoms with Crippen LogP contribution in [0.5, 0.6) is 0 Å². The predicted octanol–water partition coefficient (Wildman–Crippen LogP) is 1.79. The second-order valence-electron chi connectivity index (χ2n) is 4.21. The minimum Gasteiger partial charge on any atom is -0.377 e. The Labute approximate surface area is 104 Å². The minimum atomic E-state index is -0.179. The normalized spacial score (nSPS) is 19.9. The Morgan fingerprint density at radius 1 is 1.31 bits per heavy atom. The van der Waals surface area contributed by atoms with Gasteiger partial charge in [-0.05, 0) is 25.4 Å². The Morgan fingerprint density at radius 3 is 2.75 bits per heavy atom. The Hall–Kier alpha value is -0.650. The molecule has 0 aliphatic carbocycles. The van der Waals surface area contributed by atoms with E-state index < -0.39 is 0 Å². The smallest absolute Gasteiger partial charge is 0.245 e. The summed E-state index contributed by atoms with van der Waals surface area (Å²) in [6.07, 6.45) is 0. The molecule has 5 nitrogen and oxygen atoms in total. The highest BCUT2D eigenvalue weighted by atomic mass is 35.5. The zero-order chi connectivity index (χ0) is 11.8. The van der Waals surface area contributed by atoms with Crippen LogP contribution in [0.3, 0.4) is 0 Å². The molecule has 0 bridgehead atoms. The molecule has 0 amide bonds. The molecule has 16 heavy (non-hydrogen) atoms. The fourth-order valence-corrected chi connectivity index (χ4v) is 2.01. The summed E-state index contributed by atoms with van der Waals surface area (Å²) >= 11 is 11.7. The zero-order valence-corrected chi connectivity index (χ0v) is 10.6. The van der Waals surface area contributed by atoms with Crippen LogP contribution >= 0.6 is 23.2 Å². The second-order valence-corrected chi connectivity index (χ2v) is 4.91. The van der Waals surface area contributed by atoms with E-state index in [0.29, 0.717) is 25.6 Å². The number of nitrogens with zero attached hydrogens (tertiary/aromatic N) is 4. The first kappa shape index (κ1) is 11.8. The van der Waals surface area contributed by atoms with Gasteiger partial charge in [0.2, 0.25) is 5.28 Å². The van der Waals surface area contributed by atoms with Crippen LogP contribution in [-0.4, -0.2) is 40.5 Å². The molecule has 1 aromatic rings. The van der Waals surface area contributed by atoms with Crippen LogP contribution in [0.4, 0.5) is 5.82 Å². The van der Waals surface area contributed by atoms with Gasteiger partial charge in [-0.25, -0.2) is 0 Å². The molecular formula is C9H12Cl2N4O. The number of ether oxygens (including phenoxy) is 1. The molecule has 0 saturated carbocycles. The summed E-state index contributed by atoms with van der Waals surface area (Å²) in [5, 5.41) is 7.72. The third-order valence-electron chi connectivity index (χ3n) is 2.50. The van der Waals surface area contributed by atoms with Crippen LogP contribution in [0.15, 0.2) is 0 Å². The summed E-state index contributed by atoms with van der Waals surface area (Å²) < 4.78 is 5.43. The fraction of sp³-hybridized carbons (Fsp3) is 0.667. The first-order chi connectivity index (χ1) is 7.50. The first-order valence-corrected chi connectivity index (χ1v) is 5.67. The predicted molar refractivity (Wildman–Crippen MR) is 62.1 cm³/mol. The summed E-state index contributed by atoms with van der Waals surface area (Å²) in [5.74, 6) is 0.565. The molecule has 2 rings (SSSR count). The van der Waals surface area contributed by atoms with Gasteiger partial charge in [-0.1, -0.05) is 11.6 Å². The number of hydrogen-bond acceptors (Lipinski definition) is 5. The van der Waals surface area contributed by atoms with Crippen molar-refractivity contribution in [2.24, 2.45) is 0 Å². The molecular weight excluding hydrogens is 251 g/mol. The molecule has 88 valence electrons. The highest BCUT2D eigenvalue weighted by Gasteiger charge is 2.33. The number of halogens is 2. The Kier molecular flexibility index (Phi) is 3.19. The van der Waals surface area contributed by atoms with Crippen LogP contribution in [0.1, 0.15) is 13.8 Å². The SMILES string of the molecule is CC1(C)COCCN1c1nc(Cl)nnc1Cl. The monoisotopic (exact) mass is 262 g/mol. The van der Waals surface area contributed by atoms with Gasteiger partial charge in [0.15, 0.2) is 11.0 Å². The van der Waals surface area contributed by atoms with Gasteiger partial charge < -0.3 is 9.64 Å². The number of rotatable bonds is 1. The highest BCUT2D eigenvalue weighted by Crippen LogP contribution is 2.29. The average molecular weight is 263 g/mol. The zero-order valence-electron chi connectivity index (χ0n) is 9.07. The van der Waals surface area contributed by atoms with E-state index in [2.05, 4.69) is 29.0 Å². The molecule has 1 saturated heterocycles. The summed E-state index contributed by atoms with van der Waals surface area (Å²) in [6, 6.07) is 0. The average Bonchev–Trinajstić information content (AvgIpc) is 2.22. The topological polar surface area (TPSA) is 51.1 Å². The van der Waals surface area contributed by atoms with Crippen molar-refractivity contribution >= 4 is 29.0 Å². The summed E-state index contributed by atoms with van der Waals surface area (Å²) in [6.45, 7) is 6.07. The van der Waals surface area contributed by atoms with E-state index in [1.807, 2.05) is 4.90 Å². The molecule has 1 aliphatic rings. The van der Waals surface area contributed by atoms with Crippen molar-refractivity contribution in [3.05, 3.63) is 10.4 Å². The maximum Gasteiger partial charge on any atom is 0.245 e. The standard InChI is InChI=1S/C9H12Cl2N4O/c1-9(2)5-16-4-3-15(9)7-6(10)13-14-8(11)12-7/h3-5H2,1-2H3. The van der Waals surface area contributed by atoms with Crippen molar-refractivity contribution in [1.29, 1.82) is 0 Å². The van der Waals surface area contributed by atoms with E-state index in [-0.39, 0.29) is 16.0 Å². The van der Waals surface area contributed by atoms with E-state index in [0.717, 1.165) is 0 Å². The molecule has 1 aromatic heterocycles. The summed E-state index contributed by atoms with van der Waals surface area (Å²) in [4.78, 5) is 6.16. The summed E-state index contributed by atoms with van der Waals surface area (Å²) in [5.41, 5.74) is -0.179. The van der Waals surface area contributed by atoms with Crippen molar-refractivity contribution in [2.75, 3.05) is 24.7 Å². The van der Waals surface area contributed by atoms with Crippen LogP contribution < -0.4 is 4.90 Å². The van der Waals surface area contributed by atoms with Crippen molar-refractivity contribution < 1.29 is 4.74 Å². The van der Waals surface area contributed by atoms with E-state index in [4.69, 9.17) is 27.9 Å². The van der Waals surface area contributed by atoms with Crippen molar-refractivity contribution in [3.8, 4) is 0 Å².